The number of esters is 1. The number of aldehydes is 1. The molecule has 1 fully saturated rings. The standard InChI is InChI=1S/C27H25FN2O6/c1-34-27(33)25-4-2-3-11-29(25)14-19-7-6-18(35-19)13-23-22-12-17(28)5-10-24(22)30(26(23)32)15-20-8-9-21(16-31)36-20/h5-10,12-13,16,25H,2-4,11,14-15H2,1H3/b23-13+/t25-/m0/s1. The number of carbonyl (C=O) groups excluding carboxylic acids is 3. The number of likely N-dealkylation sites (tertiary alicyclic amines) is 1. The first-order valence-electron chi connectivity index (χ1n) is 11.7. The van der Waals surface area contributed by atoms with Crippen LogP contribution in [0.15, 0.2) is 51.3 Å². The number of benzene rings is 1. The SMILES string of the molecule is COC(=O)[C@@H]1CCCCN1Cc1ccc(/C=C2/C(=O)N(Cc3ccc(C=O)o3)c3ccc(F)cc32)o1. The first kappa shape index (κ1) is 23.7. The van der Waals surface area contributed by atoms with Crippen LogP contribution in [0.1, 0.15) is 52.7 Å². The van der Waals surface area contributed by atoms with Crippen LogP contribution in [-0.2, 0) is 27.4 Å². The van der Waals surface area contributed by atoms with Crippen LogP contribution in [-0.4, -0.2) is 42.8 Å². The summed E-state index contributed by atoms with van der Waals surface area (Å²) >= 11 is 0. The highest BCUT2D eigenvalue weighted by Crippen LogP contribution is 2.39. The van der Waals surface area contributed by atoms with Gasteiger partial charge in [-0.15, -0.1) is 0 Å². The minimum absolute atomic E-state index is 0.0932. The van der Waals surface area contributed by atoms with E-state index in [1.165, 1.54) is 30.2 Å². The van der Waals surface area contributed by atoms with Crippen LogP contribution in [0.3, 0.4) is 0 Å². The predicted octanol–water partition coefficient (Wildman–Crippen LogP) is 4.44. The van der Waals surface area contributed by atoms with E-state index in [4.69, 9.17) is 13.6 Å². The van der Waals surface area contributed by atoms with Crippen molar-refractivity contribution in [2.45, 2.75) is 38.4 Å². The largest absolute Gasteiger partial charge is 0.468 e. The van der Waals surface area contributed by atoms with Crippen LogP contribution in [0.4, 0.5) is 10.1 Å². The molecular formula is C27H25FN2O6. The van der Waals surface area contributed by atoms with Crippen molar-refractivity contribution >= 4 is 35.5 Å². The Labute approximate surface area is 206 Å². The first-order valence-corrected chi connectivity index (χ1v) is 11.7. The van der Waals surface area contributed by atoms with E-state index in [2.05, 4.69) is 0 Å². The van der Waals surface area contributed by atoms with Crippen LogP contribution in [0.25, 0.3) is 11.6 Å². The molecule has 1 saturated heterocycles. The van der Waals surface area contributed by atoms with E-state index in [1.807, 2.05) is 11.0 Å². The third kappa shape index (κ3) is 4.61. The molecule has 3 aromatic rings. The maximum Gasteiger partial charge on any atom is 0.323 e. The zero-order valence-corrected chi connectivity index (χ0v) is 19.7. The number of anilines is 1. The summed E-state index contributed by atoms with van der Waals surface area (Å²) in [4.78, 5) is 40.0. The van der Waals surface area contributed by atoms with Crippen LogP contribution >= 0.6 is 0 Å². The fourth-order valence-corrected chi connectivity index (χ4v) is 4.81. The molecule has 0 aliphatic carbocycles. The molecule has 1 aromatic carbocycles. The lowest BCUT2D eigenvalue weighted by Crippen LogP contribution is -2.44. The molecule has 2 aromatic heterocycles. The van der Waals surface area contributed by atoms with Crippen LogP contribution in [0, 0.1) is 5.82 Å². The van der Waals surface area contributed by atoms with Crippen molar-refractivity contribution in [3.8, 4) is 0 Å². The van der Waals surface area contributed by atoms with E-state index >= 15 is 0 Å². The van der Waals surface area contributed by atoms with Crippen molar-refractivity contribution in [3.63, 3.8) is 0 Å². The number of hydrogen-bond donors (Lipinski definition) is 0. The summed E-state index contributed by atoms with van der Waals surface area (Å²) in [6.45, 7) is 1.29. The number of nitrogens with zero attached hydrogens (tertiary/aromatic N) is 2. The van der Waals surface area contributed by atoms with E-state index < -0.39 is 5.82 Å². The van der Waals surface area contributed by atoms with Gasteiger partial charge >= 0.3 is 5.97 Å². The highest BCUT2D eigenvalue weighted by molar-refractivity contribution is 6.35. The molecule has 4 heterocycles. The number of rotatable bonds is 7. The van der Waals surface area contributed by atoms with Crippen molar-refractivity contribution in [2.24, 2.45) is 0 Å². The number of amides is 1. The van der Waals surface area contributed by atoms with Gasteiger partial charge in [0, 0.05) is 5.56 Å². The number of furan rings is 2. The smallest absolute Gasteiger partial charge is 0.323 e. The Bertz CT molecular complexity index is 1340. The summed E-state index contributed by atoms with van der Waals surface area (Å²) in [5.74, 6) is 0.640. The third-order valence-corrected chi connectivity index (χ3v) is 6.54. The van der Waals surface area contributed by atoms with Crippen molar-refractivity contribution in [3.05, 3.63) is 76.9 Å². The zero-order chi connectivity index (χ0) is 25.2. The Hall–Kier alpha value is -3.98. The fraction of sp³-hybridized carbons (Fsp3) is 0.296. The third-order valence-electron chi connectivity index (χ3n) is 6.54. The van der Waals surface area contributed by atoms with Gasteiger partial charge in [0.25, 0.3) is 5.91 Å². The molecule has 0 N–H and O–H groups in total. The number of carbonyl (C=O) groups is 3. The lowest BCUT2D eigenvalue weighted by Gasteiger charge is -2.32. The summed E-state index contributed by atoms with van der Waals surface area (Å²) < 4.78 is 30.5. The summed E-state index contributed by atoms with van der Waals surface area (Å²) in [6.07, 6.45) is 4.88. The molecule has 0 bridgehead atoms. The van der Waals surface area contributed by atoms with Gasteiger partial charge in [-0.2, -0.15) is 0 Å². The van der Waals surface area contributed by atoms with Crippen LogP contribution < -0.4 is 4.90 Å². The highest BCUT2D eigenvalue weighted by atomic mass is 19.1. The number of fused-ring (bicyclic) bond motifs is 1. The number of methoxy groups -OCH3 is 1. The minimum Gasteiger partial charge on any atom is -0.468 e. The lowest BCUT2D eigenvalue weighted by molar-refractivity contribution is -0.148. The Morgan fingerprint density at radius 3 is 2.58 bits per heavy atom. The molecule has 2 aliphatic rings. The fourth-order valence-electron chi connectivity index (χ4n) is 4.81. The lowest BCUT2D eigenvalue weighted by atomic mass is 10.0. The monoisotopic (exact) mass is 492 g/mol. The summed E-state index contributed by atoms with van der Waals surface area (Å²) in [6, 6.07) is 10.6. The van der Waals surface area contributed by atoms with Crippen LogP contribution in [0.2, 0.25) is 0 Å². The number of halogens is 1. The molecule has 0 unspecified atom stereocenters. The Balaban J connectivity index is 1.40. The summed E-state index contributed by atoms with van der Waals surface area (Å²) in [5.41, 5.74) is 1.28. The molecule has 36 heavy (non-hydrogen) atoms. The molecule has 1 amide bonds. The molecule has 9 heteroatoms. The van der Waals surface area contributed by atoms with Gasteiger partial charge in [0.1, 0.15) is 29.1 Å². The zero-order valence-electron chi connectivity index (χ0n) is 19.7. The molecule has 2 aliphatic heterocycles. The number of piperidine rings is 1. The average molecular weight is 493 g/mol. The molecule has 0 spiro atoms. The van der Waals surface area contributed by atoms with Gasteiger partial charge in [-0.05, 0) is 67.9 Å². The maximum atomic E-state index is 14.1. The normalized spacial score (nSPS) is 19.1. The second-order valence-electron chi connectivity index (χ2n) is 8.84. The van der Waals surface area contributed by atoms with Gasteiger partial charge in [0.15, 0.2) is 12.0 Å². The average Bonchev–Trinajstić information content (AvgIpc) is 3.59. The van der Waals surface area contributed by atoms with E-state index in [-0.39, 0.29) is 35.8 Å². The van der Waals surface area contributed by atoms with Gasteiger partial charge in [-0.25, -0.2) is 4.39 Å². The van der Waals surface area contributed by atoms with Crippen molar-refractivity contribution in [1.29, 1.82) is 0 Å². The topological polar surface area (TPSA) is 93.2 Å². The quantitative estimate of drug-likeness (QED) is 0.273. The van der Waals surface area contributed by atoms with Crippen molar-refractivity contribution in [1.82, 2.24) is 4.90 Å². The number of hydrogen-bond acceptors (Lipinski definition) is 7. The Morgan fingerprint density at radius 1 is 1.08 bits per heavy atom. The molecule has 5 rings (SSSR count). The Morgan fingerprint density at radius 2 is 1.83 bits per heavy atom. The van der Waals surface area contributed by atoms with Crippen molar-refractivity contribution < 1.29 is 32.3 Å². The second-order valence-corrected chi connectivity index (χ2v) is 8.84. The van der Waals surface area contributed by atoms with Gasteiger partial charge in [-0.3, -0.25) is 19.3 Å². The van der Waals surface area contributed by atoms with Crippen molar-refractivity contribution in [2.75, 3.05) is 18.6 Å². The molecular weight excluding hydrogens is 467 g/mol. The first-order chi connectivity index (χ1) is 17.5. The highest BCUT2D eigenvalue weighted by Gasteiger charge is 2.34. The van der Waals surface area contributed by atoms with E-state index in [0.717, 1.165) is 25.8 Å². The van der Waals surface area contributed by atoms with Crippen LogP contribution in [0.5, 0.6) is 0 Å². The molecule has 0 radical (unpaired) electrons. The minimum atomic E-state index is -0.463. The summed E-state index contributed by atoms with van der Waals surface area (Å²) in [7, 11) is 1.39. The van der Waals surface area contributed by atoms with E-state index in [9.17, 15) is 18.8 Å². The Kier molecular flexibility index (Phi) is 6.56. The molecule has 8 nitrogen and oxygen atoms in total. The molecule has 186 valence electrons. The van der Waals surface area contributed by atoms with E-state index in [1.54, 1.807) is 24.3 Å². The van der Waals surface area contributed by atoms with Gasteiger partial charge < -0.3 is 18.5 Å². The number of ether oxygens (including phenoxy) is 1. The van der Waals surface area contributed by atoms with Gasteiger partial charge in [0.2, 0.25) is 0 Å². The maximum absolute atomic E-state index is 14.1. The molecule has 0 saturated carbocycles. The predicted molar refractivity (Wildman–Crippen MR) is 128 cm³/mol. The summed E-state index contributed by atoms with van der Waals surface area (Å²) in [5, 5.41) is 0. The second kappa shape index (κ2) is 9.94. The molecule has 1 atom stereocenters. The van der Waals surface area contributed by atoms with Gasteiger partial charge in [-0.1, -0.05) is 6.42 Å². The van der Waals surface area contributed by atoms with E-state index in [0.29, 0.717) is 41.4 Å². The van der Waals surface area contributed by atoms with Gasteiger partial charge in [0.05, 0.1) is 31.5 Å².